The average Bonchev–Trinajstić information content (AvgIpc) is 3.26. The molecule has 146 valence electrons. The van der Waals surface area contributed by atoms with Gasteiger partial charge in [-0.15, -0.1) is 0 Å². The topological polar surface area (TPSA) is 38.1 Å². The molecule has 3 aromatic rings. The summed E-state index contributed by atoms with van der Waals surface area (Å²) in [5.41, 5.74) is 4.92. The molecule has 29 heavy (non-hydrogen) atoms. The molecule has 1 amide bonds. The van der Waals surface area contributed by atoms with Gasteiger partial charge in [0, 0.05) is 23.9 Å². The van der Waals surface area contributed by atoms with Crippen LogP contribution in [-0.4, -0.2) is 31.5 Å². The van der Waals surface area contributed by atoms with Crippen LogP contribution in [0.15, 0.2) is 65.7 Å². The number of rotatable bonds is 5. The normalized spacial score (nSPS) is 15.5. The van der Waals surface area contributed by atoms with Crippen molar-refractivity contribution in [3.8, 4) is 16.9 Å². The molecular weight excluding hydrogens is 398 g/mol. The predicted octanol–water partition coefficient (Wildman–Crippen LogP) is 5.46. The first kappa shape index (κ1) is 19.6. The van der Waals surface area contributed by atoms with Gasteiger partial charge in [0.25, 0.3) is 5.91 Å². The number of carbonyl (C=O) groups excluding carboxylic acids is 1. The summed E-state index contributed by atoms with van der Waals surface area (Å²) in [6.07, 6.45) is 4.76. The van der Waals surface area contributed by atoms with Crippen LogP contribution in [0.5, 0.6) is 0 Å². The van der Waals surface area contributed by atoms with E-state index in [4.69, 9.17) is 17.3 Å². The van der Waals surface area contributed by atoms with E-state index in [0.717, 1.165) is 28.9 Å². The van der Waals surface area contributed by atoms with E-state index in [0.29, 0.717) is 15.8 Å². The van der Waals surface area contributed by atoms with Gasteiger partial charge in [0.2, 0.25) is 0 Å². The first-order valence-electron chi connectivity index (χ1n) is 9.54. The zero-order valence-electron chi connectivity index (χ0n) is 16.3. The summed E-state index contributed by atoms with van der Waals surface area (Å²) in [7, 11) is 0. The maximum atomic E-state index is 12.8. The number of aromatic nitrogens is 2. The summed E-state index contributed by atoms with van der Waals surface area (Å²) < 4.78 is 2.48. The van der Waals surface area contributed by atoms with Crippen molar-refractivity contribution in [3.63, 3.8) is 0 Å². The smallest absolute Gasteiger partial charge is 0.266 e. The maximum absolute atomic E-state index is 12.8. The van der Waals surface area contributed by atoms with Crippen molar-refractivity contribution < 1.29 is 4.79 Å². The summed E-state index contributed by atoms with van der Waals surface area (Å²) in [6, 6.07) is 18.2. The van der Waals surface area contributed by atoms with Gasteiger partial charge in [-0.2, -0.15) is 5.10 Å². The molecule has 0 unspecified atom stereocenters. The number of thioether (sulfide) groups is 1. The van der Waals surface area contributed by atoms with E-state index in [1.165, 1.54) is 17.3 Å². The third-order valence-electron chi connectivity index (χ3n) is 4.70. The predicted molar refractivity (Wildman–Crippen MR) is 124 cm³/mol. The van der Waals surface area contributed by atoms with Crippen LogP contribution in [0.3, 0.4) is 0 Å². The molecule has 1 aromatic heterocycles. The Hall–Kier alpha value is -2.70. The number of amides is 1. The molecule has 1 aliphatic heterocycles. The molecule has 1 saturated heterocycles. The largest absolute Gasteiger partial charge is 0.293 e. The molecule has 0 atom stereocenters. The number of hydrogen-bond acceptors (Lipinski definition) is 4. The lowest BCUT2D eigenvalue weighted by Gasteiger charge is -2.11. The van der Waals surface area contributed by atoms with Crippen molar-refractivity contribution in [3.05, 3.63) is 76.8 Å². The molecule has 6 heteroatoms. The van der Waals surface area contributed by atoms with E-state index in [1.807, 2.05) is 54.2 Å². The zero-order valence-corrected chi connectivity index (χ0v) is 18.0. The molecule has 2 heterocycles. The van der Waals surface area contributed by atoms with Crippen LogP contribution >= 0.6 is 24.0 Å². The molecule has 0 bridgehead atoms. The van der Waals surface area contributed by atoms with Gasteiger partial charge in [-0.25, -0.2) is 4.68 Å². The van der Waals surface area contributed by atoms with Gasteiger partial charge in [0.1, 0.15) is 4.32 Å². The highest BCUT2D eigenvalue weighted by molar-refractivity contribution is 8.26. The van der Waals surface area contributed by atoms with Crippen LogP contribution in [0.4, 0.5) is 0 Å². The highest BCUT2D eigenvalue weighted by Gasteiger charge is 2.31. The first-order chi connectivity index (χ1) is 14.1. The maximum Gasteiger partial charge on any atom is 0.266 e. The second-order valence-corrected chi connectivity index (χ2v) is 8.59. The Morgan fingerprint density at radius 1 is 1.10 bits per heavy atom. The van der Waals surface area contributed by atoms with Crippen LogP contribution in [0.25, 0.3) is 23.0 Å². The number of aryl methyl sites for hydroxylation is 1. The summed E-state index contributed by atoms with van der Waals surface area (Å²) in [4.78, 5) is 15.1. The Morgan fingerprint density at radius 3 is 2.52 bits per heavy atom. The van der Waals surface area contributed by atoms with Crippen LogP contribution in [0.2, 0.25) is 0 Å². The van der Waals surface area contributed by atoms with Gasteiger partial charge in [0.15, 0.2) is 0 Å². The number of carbonyl (C=O) groups is 1. The highest BCUT2D eigenvalue weighted by atomic mass is 32.2. The molecule has 4 rings (SSSR count). The minimum Gasteiger partial charge on any atom is -0.293 e. The molecule has 1 aliphatic rings. The van der Waals surface area contributed by atoms with E-state index in [-0.39, 0.29) is 5.91 Å². The molecular formula is C23H21N3OS2. The van der Waals surface area contributed by atoms with E-state index < -0.39 is 0 Å². The lowest BCUT2D eigenvalue weighted by molar-refractivity contribution is -0.122. The van der Waals surface area contributed by atoms with E-state index in [9.17, 15) is 4.79 Å². The van der Waals surface area contributed by atoms with Gasteiger partial charge in [-0.1, -0.05) is 78.9 Å². The molecule has 0 spiro atoms. The van der Waals surface area contributed by atoms with Crippen LogP contribution in [0.1, 0.15) is 24.5 Å². The second-order valence-electron chi connectivity index (χ2n) is 6.91. The third-order valence-corrected chi connectivity index (χ3v) is 6.07. The van der Waals surface area contributed by atoms with Gasteiger partial charge in [0.05, 0.1) is 16.3 Å². The molecule has 0 N–H and O–H groups in total. The summed E-state index contributed by atoms with van der Waals surface area (Å²) in [6.45, 7) is 4.75. The number of hydrogen-bond donors (Lipinski definition) is 0. The lowest BCUT2D eigenvalue weighted by Crippen LogP contribution is -2.28. The Labute approximate surface area is 180 Å². The quantitative estimate of drug-likeness (QED) is 0.407. The van der Waals surface area contributed by atoms with Crippen LogP contribution in [0, 0.1) is 6.92 Å². The molecule has 0 saturated carbocycles. The van der Waals surface area contributed by atoms with Gasteiger partial charge in [-0.3, -0.25) is 9.69 Å². The van der Waals surface area contributed by atoms with Crippen molar-refractivity contribution >= 4 is 40.3 Å². The molecule has 1 fully saturated rings. The van der Waals surface area contributed by atoms with Crippen LogP contribution < -0.4 is 0 Å². The van der Waals surface area contributed by atoms with E-state index in [2.05, 4.69) is 31.2 Å². The van der Waals surface area contributed by atoms with Crippen molar-refractivity contribution in [1.29, 1.82) is 0 Å². The molecule has 0 radical (unpaired) electrons. The zero-order chi connectivity index (χ0) is 20.4. The van der Waals surface area contributed by atoms with Gasteiger partial charge >= 0.3 is 0 Å². The van der Waals surface area contributed by atoms with E-state index >= 15 is 0 Å². The number of benzene rings is 2. The lowest BCUT2D eigenvalue weighted by atomic mass is 10.1. The standard InChI is InChI=1S/C23H21N3OS2/c1-3-13-25-22(27)20(29-23(25)28)14-18-15-26(19-7-5-4-6-8-19)24-21(18)17-11-9-16(2)10-12-17/h4-12,14-15H,3,13H2,1-2H3. The molecule has 2 aromatic carbocycles. The summed E-state index contributed by atoms with van der Waals surface area (Å²) in [5.74, 6) is -0.0239. The Morgan fingerprint density at radius 2 is 1.83 bits per heavy atom. The Kier molecular flexibility index (Phi) is 5.65. The fourth-order valence-electron chi connectivity index (χ4n) is 3.20. The van der Waals surface area contributed by atoms with Crippen LogP contribution in [-0.2, 0) is 4.79 Å². The number of nitrogens with zero attached hydrogens (tertiary/aromatic N) is 3. The third kappa shape index (κ3) is 4.04. The second kappa shape index (κ2) is 8.35. The average molecular weight is 420 g/mol. The van der Waals surface area contributed by atoms with Gasteiger partial charge < -0.3 is 0 Å². The van der Waals surface area contributed by atoms with Crippen molar-refractivity contribution in [1.82, 2.24) is 14.7 Å². The molecule has 0 aliphatic carbocycles. The Bertz CT molecular complexity index is 1090. The fourth-order valence-corrected chi connectivity index (χ4v) is 4.50. The van der Waals surface area contributed by atoms with Gasteiger partial charge in [-0.05, 0) is 31.6 Å². The molecule has 4 nitrogen and oxygen atoms in total. The SMILES string of the molecule is CCCN1C(=O)C(=Cc2cn(-c3ccccc3)nc2-c2ccc(C)cc2)SC1=S. The van der Waals surface area contributed by atoms with Crippen molar-refractivity contribution in [2.45, 2.75) is 20.3 Å². The van der Waals surface area contributed by atoms with Crippen molar-refractivity contribution in [2.75, 3.05) is 6.54 Å². The number of thiocarbonyl (C=S) groups is 1. The minimum absolute atomic E-state index is 0.0239. The monoisotopic (exact) mass is 419 g/mol. The Balaban J connectivity index is 1.79. The summed E-state index contributed by atoms with van der Waals surface area (Å²) >= 11 is 6.76. The number of para-hydroxylation sites is 1. The first-order valence-corrected chi connectivity index (χ1v) is 10.8. The fraction of sp³-hybridized carbons (Fsp3) is 0.174. The van der Waals surface area contributed by atoms with E-state index in [1.54, 1.807) is 4.90 Å². The highest BCUT2D eigenvalue weighted by Crippen LogP contribution is 2.35. The van der Waals surface area contributed by atoms with Crippen molar-refractivity contribution in [2.24, 2.45) is 0 Å². The minimum atomic E-state index is -0.0239. The summed E-state index contributed by atoms with van der Waals surface area (Å²) in [5, 5.41) is 4.83.